The highest BCUT2D eigenvalue weighted by molar-refractivity contribution is 7.89. The van der Waals surface area contributed by atoms with E-state index < -0.39 is 10.0 Å². The molecule has 0 aromatic heterocycles. The van der Waals surface area contributed by atoms with Gasteiger partial charge in [0.2, 0.25) is 10.0 Å². The zero-order valence-corrected chi connectivity index (χ0v) is 20.5. The van der Waals surface area contributed by atoms with Crippen molar-refractivity contribution in [2.24, 2.45) is 0 Å². The van der Waals surface area contributed by atoms with Crippen LogP contribution in [0.5, 0.6) is 0 Å². The fourth-order valence-electron chi connectivity index (χ4n) is 4.52. The average Bonchev–Trinajstić information content (AvgIpc) is 3.14. The minimum absolute atomic E-state index is 0.00426. The van der Waals surface area contributed by atoms with E-state index in [1.807, 2.05) is 12.1 Å². The molecule has 0 saturated carbocycles. The first kappa shape index (κ1) is 24.0. The Morgan fingerprint density at radius 3 is 2.12 bits per heavy atom. The Kier molecular flexibility index (Phi) is 7.94. The molecule has 8 heteroatoms. The summed E-state index contributed by atoms with van der Waals surface area (Å²) in [4.78, 5) is 15.2. The molecule has 2 heterocycles. The van der Waals surface area contributed by atoms with Crippen LogP contribution in [0.1, 0.15) is 60.9 Å². The van der Waals surface area contributed by atoms with Crippen molar-refractivity contribution >= 4 is 33.2 Å². The van der Waals surface area contributed by atoms with Crippen LogP contribution < -0.4 is 10.2 Å². The number of sulfonamides is 1. The second-order valence-corrected chi connectivity index (χ2v) is 11.2. The Hall–Kier alpha value is -2.09. The van der Waals surface area contributed by atoms with Crippen molar-refractivity contribution in [3.63, 3.8) is 0 Å². The molecule has 2 aromatic rings. The van der Waals surface area contributed by atoms with Crippen molar-refractivity contribution in [3.05, 3.63) is 58.6 Å². The highest BCUT2D eigenvalue weighted by Crippen LogP contribution is 2.28. The number of anilines is 1. The fourth-order valence-corrected chi connectivity index (χ4v) is 6.54. The second kappa shape index (κ2) is 10.9. The standard InChI is InChI=1S/C25H32ClN3O3S/c26-23-13-10-21(18-24(23)33(31,32)29-16-6-1-2-7-17-29)25(30)27-19-20-8-11-22(12-9-20)28-14-4-3-5-15-28/h8-13,18H,1-7,14-17,19H2,(H,27,30). The zero-order chi connectivity index (χ0) is 23.3. The molecule has 0 unspecified atom stereocenters. The van der Waals surface area contributed by atoms with Gasteiger partial charge in [-0.3, -0.25) is 4.79 Å². The molecule has 0 aliphatic carbocycles. The lowest BCUT2D eigenvalue weighted by atomic mass is 10.1. The maximum atomic E-state index is 13.2. The number of carbonyl (C=O) groups is 1. The van der Waals surface area contributed by atoms with Gasteiger partial charge in [-0.25, -0.2) is 8.42 Å². The van der Waals surface area contributed by atoms with E-state index in [2.05, 4.69) is 22.3 Å². The number of nitrogens with zero attached hydrogens (tertiary/aromatic N) is 2. The van der Waals surface area contributed by atoms with Crippen LogP contribution in [0.25, 0.3) is 0 Å². The highest BCUT2D eigenvalue weighted by atomic mass is 35.5. The molecular formula is C25H32ClN3O3S. The van der Waals surface area contributed by atoms with Crippen molar-refractivity contribution in [1.29, 1.82) is 0 Å². The van der Waals surface area contributed by atoms with Crippen molar-refractivity contribution < 1.29 is 13.2 Å². The Labute approximate surface area is 202 Å². The second-order valence-electron chi connectivity index (χ2n) is 8.86. The molecule has 2 aromatic carbocycles. The molecule has 2 aliphatic rings. The summed E-state index contributed by atoms with van der Waals surface area (Å²) in [5.74, 6) is -0.320. The quantitative estimate of drug-likeness (QED) is 0.631. The van der Waals surface area contributed by atoms with Crippen LogP contribution in [-0.2, 0) is 16.6 Å². The third kappa shape index (κ3) is 5.89. The van der Waals surface area contributed by atoms with Crippen LogP contribution in [-0.4, -0.2) is 44.8 Å². The van der Waals surface area contributed by atoms with Gasteiger partial charge in [0.25, 0.3) is 5.91 Å². The van der Waals surface area contributed by atoms with E-state index in [1.54, 1.807) is 6.07 Å². The lowest BCUT2D eigenvalue weighted by Gasteiger charge is -2.28. The Morgan fingerprint density at radius 2 is 1.45 bits per heavy atom. The van der Waals surface area contributed by atoms with Crippen molar-refractivity contribution in [2.45, 2.75) is 56.4 Å². The summed E-state index contributed by atoms with van der Waals surface area (Å²) in [5, 5.41) is 3.04. The fraction of sp³-hybridized carbons (Fsp3) is 0.480. The molecule has 2 fully saturated rings. The van der Waals surface area contributed by atoms with E-state index in [1.165, 1.54) is 41.4 Å². The van der Waals surface area contributed by atoms with Crippen molar-refractivity contribution in [3.8, 4) is 0 Å². The first-order valence-corrected chi connectivity index (χ1v) is 13.7. The SMILES string of the molecule is O=C(NCc1ccc(N2CCCCC2)cc1)c1ccc(Cl)c(S(=O)(=O)N2CCCCCC2)c1. The lowest BCUT2D eigenvalue weighted by Crippen LogP contribution is -2.32. The summed E-state index contributed by atoms with van der Waals surface area (Å²) in [5.41, 5.74) is 2.50. The normalized spacial score (nSPS) is 18.0. The maximum absolute atomic E-state index is 13.2. The number of nitrogens with one attached hydrogen (secondary N) is 1. The predicted octanol–water partition coefficient (Wildman–Crippen LogP) is 4.83. The number of carbonyl (C=O) groups excluding carboxylic acids is 1. The minimum Gasteiger partial charge on any atom is -0.372 e. The summed E-state index contributed by atoms with van der Waals surface area (Å²) < 4.78 is 27.9. The van der Waals surface area contributed by atoms with E-state index in [-0.39, 0.29) is 21.4 Å². The van der Waals surface area contributed by atoms with Gasteiger partial charge in [0.1, 0.15) is 4.90 Å². The largest absolute Gasteiger partial charge is 0.372 e. The van der Waals surface area contributed by atoms with Gasteiger partial charge in [-0.2, -0.15) is 4.31 Å². The zero-order valence-electron chi connectivity index (χ0n) is 18.9. The summed E-state index contributed by atoms with van der Waals surface area (Å²) >= 11 is 6.26. The highest BCUT2D eigenvalue weighted by Gasteiger charge is 2.28. The van der Waals surface area contributed by atoms with Crippen molar-refractivity contribution in [2.75, 3.05) is 31.1 Å². The van der Waals surface area contributed by atoms with Crippen LogP contribution in [0.3, 0.4) is 0 Å². The van der Waals surface area contributed by atoms with Gasteiger partial charge in [-0.1, -0.05) is 36.6 Å². The molecule has 0 bridgehead atoms. The van der Waals surface area contributed by atoms with E-state index in [0.29, 0.717) is 19.6 Å². The number of piperidine rings is 1. The topological polar surface area (TPSA) is 69.7 Å². The molecule has 2 aliphatic heterocycles. The molecule has 2 saturated heterocycles. The third-order valence-electron chi connectivity index (χ3n) is 6.49. The van der Waals surface area contributed by atoms with Crippen LogP contribution in [0.15, 0.2) is 47.4 Å². The van der Waals surface area contributed by atoms with E-state index in [4.69, 9.17) is 11.6 Å². The molecule has 4 rings (SSSR count). The molecule has 1 N–H and O–H groups in total. The Balaban J connectivity index is 1.42. The number of rotatable bonds is 6. The first-order valence-electron chi connectivity index (χ1n) is 11.9. The number of hydrogen-bond donors (Lipinski definition) is 1. The van der Waals surface area contributed by atoms with Crippen LogP contribution in [0.4, 0.5) is 5.69 Å². The monoisotopic (exact) mass is 489 g/mol. The maximum Gasteiger partial charge on any atom is 0.251 e. The van der Waals surface area contributed by atoms with E-state index >= 15 is 0 Å². The summed E-state index contributed by atoms with van der Waals surface area (Å²) in [6.45, 7) is 3.53. The van der Waals surface area contributed by atoms with Crippen LogP contribution in [0.2, 0.25) is 5.02 Å². The third-order valence-corrected chi connectivity index (χ3v) is 8.87. The number of hydrogen-bond acceptors (Lipinski definition) is 4. The van der Waals surface area contributed by atoms with Gasteiger partial charge in [0.05, 0.1) is 5.02 Å². The molecule has 33 heavy (non-hydrogen) atoms. The van der Waals surface area contributed by atoms with E-state index in [0.717, 1.165) is 44.3 Å². The number of halogens is 1. The number of benzene rings is 2. The Bertz CT molecular complexity index is 1060. The van der Waals surface area contributed by atoms with Crippen LogP contribution >= 0.6 is 11.6 Å². The molecule has 0 radical (unpaired) electrons. The lowest BCUT2D eigenvalue weighted by molar-refractivity contribution is 0.0950. The Morgan fingerprint density at radius 1 is 0.848 bits per heavy atom. The van der Waals surface area contributed by atoms with Gasteiger partial charge >= 0.3 is 0 Å². The molecule has 0 spiro atoms. The smallest absolute Gasteiger partial charge is 0.251 e. The number of amides is 1. The first-order chi connectivity index (χ1) is 15.9. The molecule has 1 amide bonds. The summed E-state index contributed by atoms with van der Waals surface area (Å²) in [7, 11) is -3.74. The van der Waals surface area contributed by atoms with Gasteiger partial charge < -0.3 is 10.2 Å². The molecular weight excluding hydrogens is 458 g/mol. The predicted molar refractivity (Wildman–Crippen MR) is 132 cm³/mol. The van der Waals surface area contributed by atoms with Gasteiger partial charge in [-0.05, 0) is 68.0 Å². The molecule has 0 atom stereocenters. The molecule has 178 valence electrons. The average molecular weight is 490 g/mol. The summed E-state index contributed by atoms with van der Waals surface area (Å²) in [6, 6.07) is 12.7. The van der Waals surface area contributed by atoms with Gasteiger partial charge in [-0.15, -0.1) is 0 Å². The van der Waals surface area contributed by atoms with Crippen LogP contribution in [0, 0.1) is 0 Å². The van der Waals surface area contributed by atoms with Crippen molar-refractivity contribution in [1.82, 2.24) is 9.62 Å². The molecule has 6 nitrogen and oxygen atoms in total. The van der Waals surface area contributed by atoms with Gasteiger partial charge in [0, 0.05) is 44.0 Å². The van der Waals surface area contributed by atoms with E-state index in [9.17, 15) is 13.2 Å². The van der Waals surface area contributed by atoms with Gasteiger partial charge in [0.15, 0.2) is 0 Å². The minimum atomic E-state index is -3.74. The summed E-state index contributed by atoms with van der Waals surface area (Å²) in [6.07, 6.45) is 7.50.